The summed E-state index contributed by atoms with van der Waals surface area (Å²) in [6.07, 6.45) is 3.77. The van der Waals surface area contributed by atoms with Crippen LogP contribution < -0.4 is 0 Å². The van der Waals surface area contributed by atoms with Crippen LogP contribution in [0, 0.1) is 0 Å². The third-order valence-electron chi connectivity index (χ3n) is 3.85. The number of hydrogen-bond acceptors (Lipinski definition) is 4. The van der Waals surface area contributed by atoms with Gasteiger partial charge in [0.15, 0.2) is 0 Å². The van der Waals surface area contributed by atoms with E-state index in [9.17, 15) is 0 Å². The normalized spacial score (nSPS) is 20.8. The molecule has 0 bridgehead atoms. The highest BCUT2D eigenvalue weighted by atomic mass is 16.7. The van der Waals surface area contributed by atoms with Crippen molar-refractivity contribution in [2.24, 2.45) is 0 Å². The van der Waals surface area contributed by atoms with Gasteiger partial charge in [-0.15, -0.1) is 0 Å². The molecule has 1 aliphatic rings. The van der Waals surface area contributed by atoms with Crippen molar-refractivity contribution in [3.05, 3.63) is 35.6 Å². The summed E-state index contributed by atoms with van der Waals surface area (Å²) in [7, 11) is 1.34. The van der Waals surface area contributed by atoms with Gasteiger partial charge in [-0.3, -0.25) is 4.98 Å². The first kappa shape index (κ1) is 15.2. The zero-order valence-corrected chi connectivity index (χ0v) is 12.8. The van der Waals surface area contributed by atoms with Crippen LogP contribution in [0.25, 0.3) is 6.08 Å². The molecule has 0 atom stereocenters. The van der Waals surface area contributed by atoms with Crippen LogP contribution in [0.3, 0.4) is 0 Å². The van der Waals surface area contributed by atoms with E-state index in [2.05, 4.69) is 4.98 Å². The van der Waals surface area contributed by atoms with Crippen LogP contribution >= 0.6 is 0 Å². The second-order valence-electron chi connectivity index (χ2n) is 6.00. The fourth-order valence-electron chi connectivity index (χ4n) is 1.98. The lowest BCUT2D eigenvalue weighted by molar-refractivity contribution is 0.00578. The second kappa shape index (κ2) is 5.68. The van der Waals surface area contributed by atoms with Gasteiger partial charge in [0.2, 0.25) is 0 Å². The van der Waals surface area contributed by atoms with Crippen molar-refractivity contribution in [2.75, 3.05) is 7.11 Å². The molecule has 1 saturated heterocycles. The molecule has 0 amide bonds. The first-order chi connectivity index (χ1) is 9.34. The Labute approximate surface area is 121 Å². The molecule has 0 spiro atoms. The maximum Gasteiger partial charge on any atom is 0.487 e. The molecule has 0 radical (unpaired) electrons. The topological polar surface area (TPSA) is 40.6 Å². The highest BCUT2D eigenvalue weighted by molar-refractivity contribution is 6.52. The van der Waals surface area contributed by atoms with Gasteiger partial charge < -0.3 is 14.0 Å². The minimum atomic E-state index is -0.320. The average molecular weight is 275 g/mol. The predicted molar refractivity (Wildman–Crippen MR) is 80.1 cm³/mol. The summed E-state index contributed by atoms with van der Waals surface area (Å²) < 4.78 is 16.9. The van der Waals surface area contributed by atoms with Crippen LogP contribution in [0.1, 0.15) is 39.0 Å². The highest BCUT2D eigenvalue weighted by Gasteiger charge is 2.49. The van der Waals surface area contributed by atoms with Gasteiger partial charge >= 0.3 is 7.12 Å². The summed E-state index contributed by atoms with van der Waals surface area (Å²) in [5.74, 6) is 1.93. The van der Waals surface area contributed by atoms with Gasteiger partial charge in [0, 0.05) is 13.3 Å². The van der Waals surface area contributed by atoms with Crippen molar-refractivity contribution >= 4 is 13.2 Å². The van der Waals surface area contributed by atoms with Crippen molar-refractivity contribution in [3.63, 3.8) is 0 Å². The van der Waals surface area contributed by atoms with E-state index in [1.54, 1.807) is 13.3 Å². The van der Waals surface area contributed by atoms with Gasteiger partial charge in [-0.25, -0.2) is 0 Å². The number of ether oxygens (including phenoxy) is 1. The fourth-order valence-corrected chi connectivity index (χ4v) is 1.98. The van der Waals surface area contributed by atoms with Crippen molar-refractivity contribution in [2.45, 2.75) is 45.5 Å². The number of aromatic nitrogens is 1. The Morgan fingerprint density at radius 2 is 1.90 bits per heavy atom. The van der Waals surface area contributed by atoms with E-state index < -0.39 is 0 Å². The van der Waals surface area contributed by atoms with Crippen molar-refractivity contribution < 1.29 is 14.0 Å². The smallest absolute Gasteiger partial charge is 0.400 e. The van der Waals surface area contributed by atoms with Crippen molar-refractivity contribution in [1.82, 2.24) is 4.98 Å². The number of rotatable bonds is 4. The van der Waals surface area contributed by atoms with Gasteiger partial charge in [0.1, 0.15) is 0 Å². The van der Waals surface area contributed by atoms with E-state index in [-0.39, 0.29) is 18.3 Å². The van der Waals surface area contributed by atoms with Crippen LogP contribution in [0.4, 0.5) is 0 Å². The number of hydrogen-bond donors (Lipinski definition) is 0. The quantitative estimate of drug-likeness (QED) is 0.792. The first-order valence-corrected chi connectivity index (χ1v) is 6.82. The van der Waals surface area contributed by atoms with Gasteiger partial charge in [-0.05, 0) is 45.4 Å². The predicted octanol–water partition coefficient (Wildman–Crippen LogP) is 2.87. The molecule has 1 aromatic rings. The lowest BCUT2D eigenvalue weighted by atomic mass is 9.89. The van der Waals surface area contributed by atoms with Gasteiger partial charge in [0.25, 0.3) is 0 Å². The Bertz CT molecular complexity index is 484. The molecule has 0 saturated carbocycles. The Morgan fingerprint density at radius 3 is 2.50 bits per heavy atom. The Kier molecular flexibility index (Phi) is 4.32. The molecule has 0 N–H and O–H groups in total. The molecule has 1 fully saturated rings. The van der Waals surface area contributed by atoms with E-state index in [4.69, 9.17) is 14.0 Å². The molecule has 1 aromatic heterocycles. The maximum atomic E-state index is 5.91. The molecule has 0 aromatic carbocycles. The molecular formula is C15H22BNO3. The van der Waals surface area contributed by atoms with E-state index >= 15 is 0 Å². The summed E-state index contributed by atoms with van der Waals surface area (Å²) in [4.78, 5) is 4.23. The SMILES string of the molecule is COCc1cc(/C=C/B2OC(C)(C)C(C)(C)O2)ccn1. The zero-order chi connectivity index (χ0) is 14.8. The van der Waals surface area contributed by atoms with Gasteiger partial charge in [-0.2, -0.15) is 0 Å². The third-order valence-corrected chi connectivity index (χ3v) is 3.85. The van der Waals surface area contributed by atoms with Crippen molar-refractivity contribution in [1.29, 1.82) is 0 Å². The third kappa shape index (κ3) is 3.29. The molecule has 20 heavy (non-hydrogen) atoms. The molecule has 4 nitrogen and oxygen atoms in total. The second-order valence-corrected chi connectivity index (χ2v) is 6.00. The molecule has 5 heteroatoms. The average Bonchev–Trinajstić information content (AvgIpc) is 2.56. The van der Waals surface area contributed by atoms with Crippen LogP contribution in [0.2, 0.25) is 0 Å². The minimum Gasteiger partial charge on any atom is -0.400 e. The summed E-state index contributed by atoms with van der Waals surface area (Å²) in [6, 6.07) is 3.94. The summed E-state index contributed by atoms with van der Waals surface area (Å²) >= 11 is 0. The number of pyridine rings is 1. The van der Waals surface area contributed by atoms with Crippen LogP contribution in [-0.4, -0.2) is 30.4 Å². The molecule has 0 aliphatic carbocycles. The van der Waals surface area contributed by atoms with E-state index in [0.29, 0.717) is 6.61 Å². The largest absolute Gasteiger partial charge is 0.487 e. The number of nitrogens with zero attached hydrogens (tertiary/aromatic N) is 1. The molecule has 1 aliphatic heterocycles. The molecular weight excluding hydrogens is 253 g/mol. The molecule has 0 unspecified atom stereocenters. The summed E-state index contributed by atoms with van der Waals surface area (Å²) in [6.45, 7) is 8.69. The lowest BCUT2D eigenvalue weighted by Crippen LogP contribution is -2.41. The fraction of sp³-hybridized carbons (Fsp3) is 0.533. The van der Waals surface area contributed by atoms with Crippen molar-refractivity contribution in [3.8, 4) is 0 Å². The lowest BCUT2D eigenvalue weighted by Gasteiger charge is -2.32. The summed E-state index contributed by atoms with van der Waals surface area (Å²) in [5.41, 5.74) is 1.36. The molecule has 2 rings (SSSR count). The Morgan fingerprint density at radius 1 is 1.25 bits per heavy atom. The van der Waals surface area contributed by atoms with Crippen LogP contribution in [-0.2, 0) is 20.7 Å². The Balaban J connectivity index is 2.06. The van der Waals surface area contributed by atoms with E-state index in [1.165, 1.54) is 0 Å². The van der Waals surface area contributed by atoms with Crippen LogP contribution in [0.15, 0.2) is 24.3 Å². The van der Waals surface area contributed by atoms with E-state index in [1.807, 2.05) is 51.9 Å². The van der Waals surface area contributed by atoms with Gasteiger partial charge in [-0.1, -0.05) is 12.1 Å². The molecule has 2 heterocycles. The first-order valence-electron chi connectivity index (χ1n) is 6.82. The Hall–Kier alpha value is -1.17. The monoisotopic (exact) mass is 275 g/mol. The number of methoxy groups -OCH3 is 1. The highest BCUT2D eigenvalue weighted by Crippen LogP contribution is 2.36. The molecule has 108 valence electrons. The van der Waals surface area contributed by atoms with Crippen LogP contribution in [0.5, 0.6) is 0 Å². The standard InChI is InChI=1S/C15H22BNO3/c1-14(2)15(3,4)20-16(19-14)8-6-12-7-9-17-13(10-12)11-18-5/h6-10H,11H2,1-5H3/b8-6+. The van der Waals surface area contributed by atoms with Gasteiger partial charge in [0.05, 0.1) is 23.5 Å². The zero-order valence-electron chi connectivity index (χ0n) is 12.8. The maximum absolute atomic E-state index is 5.91. The summed E-state index contributed by atoms with van der Waals surface area (Å²) in [5, 5.41) is 0. The minimum absolute atomic E-state index is 0.304. The van der Waals surface area contributed by atoms with E-state index in [0.717, 1.165) is 11.3 Å².